The number of amides is 1. The van der Waals surface area contributed by atoms with Gasteiger partial charge in [-0.05, 0) is 41.8 Å². The Bertz CT molecular complexity index is 1120. The summed E-state index contributed by atoms with van der Waals surface area (Å²) in [5, 5.41) is 2.85. The fraction of sp³-hybridized carbons (Fsp3) is 0.130. The van der Waals surface area contributed by atoms with Crippen LogP contribution in [0.25, 0.3) is 22.2 Å². The maximum absolute atomic E-state index is 12.6. The molecule has 5 nitrogen and oxygen atoms in total. The number of carbonyl (C=O) groups excluding carboxylic acids is 1. The molecular weight excluding hydrogens is 350 g/mol. The molecular formula is C23H21N3O2. The molecule has 1 amide bonds. The summed E-state index contributed by atoms with van der Waals surface area (Å²) in [4.78, 5) is 20.4. The lowest BCUT2D eigenvalue weighted by molar-refractivity contribution is 0.102. The van der Waals surface area contributed by atoms with E-state index < -0.39 is 0 Å². The number of hydrogen-bond donors (Lipinski definition) is 2. The maximum atomic E-state index is 12.6. The van der Waals surface area contributed by atoms with Gasteiger partial charge in [-0.2, -0.15) is 0 Å². The molecule has 28 heavy (non-hydrogen) atoms. The quantitative estimate of drug-likeness (QED) is 0.516. The van der Waals surface area contributed by atoms with Crippen LogP contribution in [0, 0.1) is 0 Å². The van der Waals surface area contributed by atoms with Crippen molar-refractivity contribution in [3.8, 4) is 16.9 Å². The summed E-state index contributed by atoms with van der Waals surface area (Å²) in [6.07, 6.45) is 0.938. The highest BCUT2D eigenvalue weighted by Crippen LogP contribution is 2.33. The van der Waals surface area contributed by atoms with Crippen molar-refractivity contribution in [1.82, 2.24) is 9.97 Å². The van der Waals surface area contributed by atoms with E-state index in [0.717, 1.165) is 28.6 Å². The Balaban J connectivity index is 1.71. The summed E-state index contributed by atoms with van der Waals surface area (Å²) in [7, 11) is 1.62. The summed E-state index contributed by atoms with van der Waals surface area (Å²) in [5.74, 6) is 0.859. The predicted molar refractivity (Wildman–Crippen MR) is 112 cm³/mol. The van der Waals surface area contributed by atoms with Crippen LogP contribution >= 0.6 is 0 Å². The summed E-state index contributed by atoms with van der Waals surface area (Å²) < 4.78 is 5.46. The standard InChI is InChI=1S/C23H21N3O2/c1-3-15-9-11-17(12-10-15)22(27)26-23-24-20-18(16-7-5-4-6-8-16)13-14-19(28-2)21(20)25-23/h4-14H,3H2,1-2H3,(H2,24,25,26,27). The number of benzene rings is 3. The topological polar surface area (TPSA) is 67.0 Å². The Morgan fingerprint density at radius 1 is 1.04 bits per heavy atom. The molecule has 1 aromatic heterocycles. The first-order valence-electron chi connectivity index (χ1n) is 9.22. The number of imidazole rings is 1. The van der Waals surface area contributed by atoms with Gasteiger partial charge in [0, 0.05) is 11.1 Å². The molecule has 4 rings (SSSR count). The van der Waals surface area contributed by atoms with Crippen LogP contribution < -0.4 is 10.1 Å². The smallest absolute Gasteiger partial charge is 0.257 e. The van der Waals surface area contributed by atoms with Crippen LogP contribution in [-0.4, -0.2) is 23.0 Å². The minimum Gasteiger partial charge on any atom is -0.494 e. The van der Waals surface area contributed by atoms with E-state index in [9.17, 15) is 4.79 Å². The van der Waals surface area contributed by atoms with Crippen LogP contribution in [0.15, 0.2) is 66.7 Å². The molecule has 0 atom stereocenters. The molecule has 4 aromatic rings. The van der Waals surface area contributed by atoms with Crippen LogP contribution in [-0.2, 0) is 6.42 Å². The van der Waals surface area contributed by atoms with Crippen molar-refractivity contribution in [2.75, 3.05) is 12.4 Å². The zero-order valence-electron chi connectivity index (χ0n) is 15.8. The van der Waals surface area contributed by atoms with Crippen LogP contribution in [0.4, 0.5) is 5.95 Å². The second-order valence-electron chi connectivity index (χ2n) is 6.50. The number of methoxy groups -OCH3 is 1. The van der Waals surface area contributed by atoms with E-state index in [0.29, 0.717) is 17.3 Å². The fourth-order valence-electron chi connectivity index (χ4n) is 3.22. The number of aromatic amines is 1. The minimum atomic E-state index is -0.207. The number of fused-ring (bicyclic) bond motifs is 1. The molecule has 0 aliphatic carbocycles. The van der Waals surface area contributed by atoms with Gasteiger partial charge in [-0.3, -0.25) is 10.1 Å². The molecule has 0 saturated carbocycles. The van der Waals surface area contributed by atoms with Gasteiger partial charge in [0.05, 0.1) is 7.11 Å². The van der Waals surface area contributed by atoms with Crippen molar-refractivity contribution < 1.29 is 9.53 Å². The van der Waals surface area contributed by atoms with Gasteiger partial charge >= 0.3 is 0 Å². The zero-order valence-corrected chi connectivity index (χ0v) is 15.8. The monoisotopic (exact) mass is 371 g/mol. The van der Waals surface area contributed by atoms with Gasteiger partial charge in [0.15, 0.2) is 0 Å². The molecule has 0 saturated heterocycles. The Labute approximate surface area is 163 Å². The molecule has 5 heteroatoms. The number of ether oxygens (including phenoxy) is 1. The van der Waals surface area contributed by atoms with E-state index in [-0.39, 0.29) is 5.91 Å². The van der Waals surface area contributed by atoms with Gasteiger partial charge in [-0.1, -0.05) is 49.4 Å². The number of rotatable bonds is 5. The number of H-pyrrole nitrogens is 1. The molecule has 2 N–H and O–H groups in total. The van der Waals surface area contributed by atoms with Crippen molar-refractivity contribution in [2.45, 2.75) is 13.3 Å². The number of nitrogens with one attached hydrogen (secondary N) is 2. The molecule has 0 aliphatic heterocycles. The largest absolute Gasteiger partial charge is 0.494 e. The summed E-state index contributed by atoms with van der Waals surface area (Å²) in [6.45, 7) is 2.08. The number of hydrogen-bond acceptors (Lipinski definition) is 3. The van der Waals surface area contributed by atoms with Gasteiger partial charge < -0.3 is 9.72 Å². The van der Waals surface area contributed by atoms with E-state index >= 15 is 0 Å². The average molecular weight is 371 g/mol. The lowest BCUT2D eigenvalue weighted by Crippen LogP contribution is -2.12. The molecule has 0 radical (unpaired) electrons. The van der Waals surface area contributed by atoms with Crippen molar-refractivity contribution >= 4 is 22.9 Å². The third-order valence-electron chi connectivity index (χ3n) is 4.77. The van der Waals surface area contributed by atoms with Crippen LogP contribution in [0.1, 0.15) is 22.8 Å². The normalized spacial score (nSPS) is 10.8. The lowest BCUT2D eigenvalue weighted by atomic mass is 10.0. The Hall–Kier alpha value is -3.60. The zero-order chi connectivity index (χ0) is 19.5. The van der Waals surface area contributed by atoms with Crippen LogP contribution in [0.2, 0.25) is 0 Å². The molecule has 1 heterocycles. The molecule has 140 valence electrons. The van der Waals surface area contributed by atoms with E-state index in [1.165, 1.54) is 5.56 Å². The van der Waals surface area contributed by atoms with Gasteiger partial charge in [0.1, 0.15) is 16.8 Å². The van der Waals surface area contributed by atoms with E-state index in [2.05, 4.69) is 22.2 Å². The highest BCUT2D eigenvalue weighted by atomic mass is 16.5. The number of aromatic nitrogens is 2. The second-order valence-corrected chi connectivity index (χ2v) is 6.50. The Morgan fingerprint density at radius 3 is 2.46 bits per heavy atom. The van der Waals surface area contributed by atoms with Crippen molar-refractivity contribution in [1.29, 1.82) is 0 Å². The fourth-order valence-corrected chi connectivity index (χ4v) is 3.22. The number of carbonyl (C=O) groups is 1. The molecule has 0 unspecified atom stereocenters. The highest BCUT2D eigenvalue weighted by Gasteiger charge is 2.15. The van der Waals surface area contributed by atoms with Crippen molar-refractivity contribution in [2.24, 2.45) is 0 Å². The summed E-state index contributed by atoms with van der Waals surface area (Å²) in [5.41, 5.74) is 5.31. The summed E-state index contributed by atoms with van der Waals surface area (Å²) >= 11 is 0. The van der Waals surface area contributed by atoms with E-state index in [1.807, 2.05) is 66.7 Å². The number of anilines is 1. The second kappa shape index (κ2) is 7.56. The van der Waals surface area contributed by atoms with Gasteiger partial charge in [-0.15, -0.1) is 0 Å². The van der Waals surface area contributed by atoms with Crippen LogP contribution in [0.3, 0.4) is 0 Å². The maximum Gasteiger partial charge on any atom is 0.257 e. The average Bonchev–Trinajstić information content (AvgIpc) is 3.17. The Kier molecular flexibility index (Phi) is 4.81. The first-order chi connectivity index (χ1) is 13.7. The van der Waals surface area contributed by atoms with Crippen molar-refractivity contribution in [3.63, 3.8) is 0 Å². The SMILES string of the molecule is CCc1ccc(C(=O)Nc2nc3c(-c4ccccc4)ccc(OC)c3[nH]2)cc1. The van der Waals surface area contributed by atoms with Crippen LogP contribution in [0.5, 0.6) is 5.75 Å². The van der Waals surface area contributed by atoms with Gasteiger partial charge in [0.2, 0.25) is 5.95 Å². The van der Waals surface area contributed by atoms with Gasteiger partial charge in [0.25, 0.3) is 5.91 Å². The van der Waals surface area contributed by atoms with Crippen molar-refractivity contribution in [3.05, 3.63) is 77.9 Å². The Morgan fingerprint density at radius 2 is 1.79 bits per heavy atom. The minimum absolute atomic E-state index is 0.207. The number of nitrogens with zero attached hydrogens (tertiary/aromatic N) is 1. The predicted octanol–water partition coefficient (Wildman–Crippen LogP) is 5.05. The molecule has 0 aliphatic rings. The highest BCUT2D eigenvalue weighted by molar-refractivity contribution is 6.05. The molecule has 0 fully saturated rings. The third kappa shape index (κ3) is 3.34. The van der Waals surface area contributed by atoms with Gasteiger partial charge in [-0.25, -0.2) is 4.98 Å². The molecule has 0 spiro atoms. The third-order valence-corrected chi connectivity index (χ3v) is 4.77. The first-order valence-corrected chi connectivity index (χ1v) is 9.22. The summed E-state index contributed by atoms with van der Waals surface area (Å²) in [6, 6.07) is 21.5. The van der Waals surface area contributed by atoms with E-state index in [1.54, 1.807) is 7.11 Å². The lowest BCUT2D eigenvalue weighted by Gasteiger charge is -2.05. The molecule has 0 bridgehead atoms. The van der Waals surface area contributed by atoms with E-state index in [4.69, 9.17) is 4.74 Å². The first kappa shape index (κ1) is 17.8. The number of aryl methyl sites for hydroxylation is 1. The molecule has 3 aromatic carbocycles.